The third-order valence-corrected chi connectivity index (χ3v) is 2.63. The first-order chi connectivity index (χ1) is 8.20. The van der Waals surface area contributed by atoms with Crippen molar-refractivity contribution in [1.82, 2.24) is 0 Å². The molecule has 0 fully saturated rings. The molecule has 0 heterocycles. The van der Waals surface area contributed by atoms with Crippen LogP contribution in [0, 0.1) is 0 Å². The Morgan fingerprint density at radius 3 is 2.24 bits per heavy atom. The number of rotatable bonds is 3. The Morgan fingerprint density at radius 2 is 1.59 bits per heavy atom. The third-order valence-electron chi connectivity index (χ3n) is 2.63. The smallest absolute Gasteiger partial charge is 0.0440 e. The van der Waals surface area contributed by atoms with E-state index in [1.54, 1.807) is 0 Å². The van der Waals surface area contributed by atoms with Crippen molar-refractivity contribution in [2.75, 3.05) is 23.3 Å². The molecule has 0 spiro atoms. The molecule has 0 saturated heterocycles. The predicted octanol–water partition coefficient (Wildman–Crippen LogP) is 2.95. The van der Waals surface area contributed by atoms with Gasteiger partial charge >= 0.3 is 0 Å². The largest absolute Gasteiger partial charge is 0.399 e. The molecule has 88 valence electrons. The van der Waals surface area contributed by atoms with Crippen LogP contribution in [0.2, 0.25) is 0 Å². The molecule has 0 radical (unpaired) electrons. The number of nitrogens with one attached hydrogen (secondary N) is 1. The molecule has 5 N–H and O–H groups in total. The lowest BCUT2D eigenvalue weighted by Crippen LogP contribution is -2.00. The topological polar surface area (TPSA) is 64.1 Å². The van der Waals surface area contributed by atoms with E-state index in [1.807, 2.05) is 42.5 Å². The molecule has 0 aromatic heterocycles. The zero-order valence-electron chi connectivity index (χ0n) is 9.90. The van der Waals surface area contributed by atoms with Gasteiger partial charge in [-0.3, -0.25) is 0 Å². The molecular formula is C14H17N3. The van der Waals surface area contributed by atoms with Gasteiger partial charge in [0.25, 0.3) is 0 Å². The zero-order valence-corrected chi connectivity index (χ0v) is 9.90. The first-order valence-corrected chi connectivity index (χ1v) is 5.70. The van der Waals surface area contributed by atoms with E-state index < -0.39 is 0 Å². The molecular weight excluding hydrogens is 210 g/mol. The molecule has 0 aliphatic rings. The fourth-order valence-corrected chi connectivity index (χ4v) is 1.81. The van der Waals surface area contributed by atoms with Crippen molar-refractivity contribution in [1.29, 1.82) is 0 Å². The van der Waals surface area contributed by atoms with Gasteiger partial charge in [0.05, 0.1) is 0 Å². The number of nitrogen functional groups attached to an aromatic ring is 2. The van der Waals surface area contributed by atoms with Gasteiger partial charge in [-0.05, 0) is 36.8 Å². The van der Waals surface area contributed by atoms with Gasteiger partial charge in [-0.15, -0.1) is 0 Å². The number of benzene rings is 2. The summed E-state index contributed by atoms with van der Waals surface area (Å²) in [5.74, 6) is 0. The summed E-state index contributed by atoms with van der Waals surface area (Å²) in [5, 5.41) is 3.32. The highest BCUT2D eigenvalue weighted by Crippen LogP contribution is 2.30. The van der Waals surface area contributed by atoms with Crippen molar-refractivity contribution in [2.45, 2.75) is 6.92 Å². The molecule has 0 saturated carbocycles. The quantitative estimate of drug-likeness (QED) is 0.706. The summed E-state index contributed by atoms with van der Waals surface area (Å²) in [5.41, 5.74) is 16.4. The summed E-state index contributed by atoms with van der Waals surface area (Å²) in [4.78, 5) is 0. The molecule has 0 aliphatic heterocycles. The molecule has 0 bridgehead atoms. The van der Waals surface area contributed by atoms with E-state index in [1.165, 1.54) is 0 Å². The SMILES string of the molecule is CCNc1cc(N)ccc1-c1ccc(N)cc1. The summed E-state index contributed by atoms with van der Waals surface area (Å²) < 4.78 is 0. The van der Waals surface area contributed by atoms with Crippen molar-refractivity contribution in [3.05, 3.63) is 42.5 Å². The van der Waals surface area contributed by atoms with Crippen LogP contribution in [0.3, 0.4) is 0 Å². The summed E-state index contributed by atoms with van der Waals surface area (Å²) in [7, 11) is 0. The van der Waals surface area contributed by atoms with Crippen LogP contribution in [-0.4, -0.2) is 6.54 Å². The second kappa shape index (κ2) is 4.78. The van der Waals surface area contributed by atoms with Crippen LogP contribution in [0.25, 0.3) is 11.1 Å². The zero-order chi connectivity index (χ0) is 12.3. The van der Waals surface area contributed by atoms with Crippen LogP contribution in [0.15, 0.2) is 42.5 Å². The highest BCUT2D eigenvalue weighted by atomic mass is 14.9. The highest BCUT2D eigenvalue weighted by Gasteiger charge is 2.04. The Hall–Kier alpha value is -2.16. The normalized spacial score (nSPS) is 10.2. The lowest BCUT2D eigenvalue weighted by atomic mass is 10.0. The Bertz CT molecular complexity index is 503. The average Bonchev–Trinajstić information content (AvgIpc) is 2.31. The van der Waals surface area contributed by atoms with Gasteiger partial charge in [-0.2, -0.15) is 0 Å². The van der Waals surface area contributed by atoms with E-state index in [0.29, 0.717) is 0 Å². The molecule has 0 unspecified atom stereocenters. The summed E-state index contributed by atoms with van der Waals surface area (Å²) >= 11 is 0. The van der Waals surface area contributed by atoms with Crippen LogP contribution in [0.5, 0.6) is 0 Å². The molecule has 0 atom stereocenters. The van der Waals surface area contributed by atoms with E-state index >= 15 is 0 Å². The van der Waals surface area contributed by atoms with Crippen LogP contribution in [-0.2, 0) is 0 Å². The second-order valence-electron chi connectivity index (χ2n) is 3.96. The summed E-state index contributed by atoms with van der Waals surface area (Å²) in [6.45, 7) is 2.93. The highest BCUT2D eigenvalue weighted by molar-refractivity contribution is 5.80. The van der Waals surface area contributed by atoms with Crippen molar-refractivity contribution < 1.29 is 0 Å². The lowest BCUT2D eigenvalue weighted by molar-refractivity contribution is 1.21. The molecule has 3 nitrogen and oxygen atoms in total. The minimum absolute atomic E-state index is 0.764. The monoisotopic (exact) mass is 227 g/mol. The number of nitrogens with two attached hydrogens (primary N) is 2. The van der Waals surface area contributed by atoms with E-state index in [9.17, 15) is 0 Å². The second-order valence-corrected chi connectivity index (χ2v) is 3.96. The maximum atomic E-state index is 5.80. The molecule has 2 rings (SSSR count). The number of hydrogen-bond acceptors (Lipinski definition) is 3. The van der Waals surface area contributed by atoms with Gasteiger partial charge in [0.15, 0.2) is 0 Å². The molecule has 0 aliphatic carbocycles. The van der Waals surface area contributed by atoms with Crippen molar-refractivity contribution >= 4 is 17.1 Å². The van der Waals surface area contributed by atoms with E-state index in [0.717, 1.165) is 34.7 Å². The van der Waals surface area contributed by atoms with Crippen LogP contribution in [0.4, 0.5) is 17.1 Å². The van der Waals surface area contributed by atoms with Gasteiger partial charge in [-0.25, -0.2) is 0 Å². The first kappa shape index (κ1) is 11.3. The molecule has 0 amide bonds. The van der Waals surface area contributed by atoms with Crippen LogP contribution < -0.4 is 16.8 Å². The maximum absolute atomic E-state index is 5.80. The fraction of sp³-hybridized carbons (Fsp3) is 0.143. The maximum Gasteiger partial charge on any atom is 0.0440 e. The molecule has 2 aromatic carbocycles. The Morgan fingerprint density at radius 1 is 0.941 bits per heavy atom. The van der Waals surface area contributed by atoms with Crippen molar-refractivity contribution in [3.8, 4) is 11.1 Å². The summed E-state index contributed by atoms with van der Waals surface area (Å²) in [6.07, 6.45) is 0. The van der Waals surface area contributed by atoms with Crippen molar-refractivity contribution in [3.63, 3.8) is 0 Å². The van der Waals surface area contributed by atoms with E-state index in [4.69, 9.17) is 11.5 Å². The fourth-order valence-electron chi connectivity index (χ4n) is 1.81. The first-order valence-electron chi connectivity index (χ1n) is 5.70. The van der Waals surface area contributed by atoms with Gasteiger partial charge in [0.1, 0.15) is 0 Å². The van der Waals surface area contributed by atoms with Gasteiger partial charge in [0.2, 0.25) is 0 Å². The molecule has 17 heavy (non-hydrogen) atoms. The minimum atomic E-state index is 0.764. The number of anilines is 3. The predicted molar refractivity (Wildman–Crippen MR) is 74.9 cm³/mol. The Balaban J connectivity index is 2.46. The van der Waals surface area contributed by atoms with Crippen LogP contribution >= 0.6 is 0 Å². The molecule has 3 heteroatoms. The van der Waals surface area contributed by atoms with Gasteiger partial charge in [-0.1, -0.05) is 18.2 Å². The Labute approximate surface area is 101 Å². The van der Waals surface area contributed by atoms with E-state index in [-0.39, 0.29) is 0 Å². The minimum Gasteiger partial charge on any atom is -0.399 e. The lowest BCUT2D eigenvalue weighted by Gasteiger charge is -2.12. The summed E-state index contributed by atoms with van der Waals surface area (Å²) in [6, 6.07) is 13.7. The molecule has 2 aromatic rings. The van der Waals surface area contributed by atoms with Gasteiger partial charge < -0.3 is 16.8 Å². The van der Waals surface area contributed by atoms with E-state index in [2.05, 4.69) is 12.2 Å². The number of hydrogen-bond donors (Lipinski definition) is 3. The van der Waals surface area contributed by atoms with Crippen LogP contribution in [0.1, 0.15) is 6.92 Å². The standard InChI is InChI=1S/C14H17N3/c1-2-17-14-9-12(16)7-8-13(14)10-3-5-11(15)6-4-10/h3-9,17H,2,15-16H2,1H3. The third kappa shape index (κ3) is 2.50. The van der Waals surface area contributed by atoms with Gasteiger partial charge in [0, 0.05) is 29.2 Å². The average molecular weight is 227 g/mol. The van der Waals surface area contributed by atoms with Crippen molar-refractivity contribution in [2.24, 2.45) is 0 Å². The Kier molecular flexibility index (Phi) is 3.19.